The summed E-state index contributed by atoms with van der Waals surface area (Å²) < 4.78 is 0. The minimum Gasteiger partial charge on any atom is -0.481 e. The monoisotopic (exact) mass is 318 g/mol. The molecule has 110 valence electrons. The predicted octanol–water partition coefficient (Wildman–Crippen LogP) is 3.62. The first kappa shape index (κ1) is 16.6. The highest BCUT2D eigenvalue weighted by atomic mass is 35.5. The van der Waals surface area contributed by atoms with E-state index in [1.807, 2.05) is 6.92 Å². The van der Waals surface area contributed by atoms with Crippen molar-refractivity contribution in [2.75, 3.05) is 11.9 Å². The van der Waals surface area contributed by atoms with Gasteiger partial charge >= 0.3 is 12.0 Å². The molecule has 7 heteroatoms. The van der Waals surface area contributed by atoms with E-state index in [4.69, 9.17) is 28.3 Å². The van der Waals surface area contributed by atoms with Crippen LogP contribution < -0.4 is 10.6 Å². The molecule has 0 aliphatic rings. The molecule has 3 N–H and O–H groups in total. The summed E-state index contributed by atoms with van der Waals surface area (Å²) in [5, 5.41) is 14.6. The van der Waals surface area contributed by atoms with Crippen LogP contribution in [0.3, 0.4) is 0 Å². The molecule has 0 aliphatic carbocycles. The van der Waals surface area contributed by atoms with Crippen molar-refractivity contribution in [3.05, 3.63) is 28.2 Å². The van der Waals surface area contributed by atoms with Gasteiger partial charge in [-0.25, -0.2) is 4.79 Å². The third-order valence-electron chi connectivity index (χ3n) is 2.70. The summed E-state index contributed by atoms with van der Waals surface area (Å²) in [7, 11) is 0. The first-order valence-corrected chi connectivity index (χ1v) is 6.93. The number of urea groups is 1. The molecule has 0 fully saturated rings. The number of halogens is 2. The lowest BCUT2D eigenvalue weighted by Gasteiger charge is -2.13. The van der Waals surface area contributed by atoms with Gasteiger partial charge < -0.3 is 15.7 Å². The second-order valence-electron chi connectivity index (χ2n) is 4.26. The topological polar surface area (TPSA) is 78.4 Å². The highest BCUT2D eigenvalue weighted by Crippen LogP contribution is 2.29. The number of amides is 2. The molecule has 0 spiro atoms. The number of hydrogen-bond acceptors (Lipinski definition) is 2. The Morgan fingerprint density at radius 2 is 2.05 bits per heavy atom. The van der Waals surface area contributed by atoms with Crippen LogP contribution in [0.4, 0.5) is 10.5 Å². The molecule has 1 aromatic rings. The number of rotatable bonds is 6. The predicted molar refractivity (Wildman–Crippen MR) is 79.5 cm³/mol. The Morgan fingerprint density at radius 3 is 2.65 bits per heavy atom. The van der Waals surface area contributed by atoms with Crippen molar-refractivity contribution in [2.45, 2.75) is 19.8 Å². The molecule has 0 aliphatic heterocycles. The van der Waals surface area contributed by atoms with Gasteiger partial charge in [0.1, 0.15) is 0 Å². The summed E-state index contributed by atoms with van der Waals surface area (Å²) in [4.78, 5) is 22.6. The lowest BCUT2D eigenvalue weighted by atomic mass is 10.0. The van der Waals surface area contributed by atoms with E-state index in [1.165, 1.54) is 0 Å². The van der Waals surface area contributed by atoms with E-state index in [0.29, 0.717) is 17.1 Å². The second-order valence-corrected chi connectivity index (χ2v) is 5.05. The fourth-order valence-corrected chi connectivity index (χ4v) is 1.99. The van der Waals surface area contributed by atoms with Crippen molar-refractivity contribution < 1.29 is 14.7 Å². The maximum absolute atomic E-state index is 11.7. The van der Waals surface area contributed by atoms with Gasteiger partial charge in [0.25, 0.3) is 0 Å². The molecule has 0 saturated carbocycles. The van der Waals surface area contributed by atoms with E-state index in [1.54, 1.807) is 18.2 Å². The molecule has 0 saturated heterocycles. The Balaban J connectivity index is 2.55. The van der Waals surface area contributed by atoms with Crippen LogP contribution in [-0.4, -0.2) is 23.7 Å². The van der Waals surface area contributed by atoms with E-state index < -0.39 is 17.9 Å². The van der Waals surface area contributed by atoms with E-state index in [-0.39, 0.29) is 11.6 Å². The summed E-state index contributed by atoms with van der Waals surface area (Å²) in [6.07, 6.45) is 1.24. The minimum absolute atomic E-state index is 0.0627. The summed E-state index contributed by atoms with van der Waals surface area (Å²) in [6, 6.07) is 4.35. The van der Waals surface area contributed by atoms with Gasteiger partial charge in [0.05, 0.1) is 21.7 Å². The van der Waals surface area contributed by atoms with Gasteiger partial charge in [-0.05, 0) is 18.6 Å². The maximum atomic E-state index is 11.7. The van der Waals surface area contributed by atoms with Crippen LogP contribution in [0.2, 0.25) is 10.0 Å². The molecule has 0 bridgehead atoms. The van der Waals surface area contributed by atoms with Crippen molar-refractivity contribution in [3.8, 4) is 0 Å². The zero-order valence-corrected chi connectivity index (χ0v) is 12.5. The molecular formula is C13H16Cl2N2O3. The van der Waals surface area contributed by atoms with Crippen LogP contribution >= 0.6 is 23.2 Å². The van der Waals surface area contributed by atoms with Crippen molar-refractivity contribution in [3.63, 3.8) is 0 Å². The molecule has 0 heterocycles. The van der Waals surface area contributed by atoms with Gasteiger partial charge in [-0.1, -0.05) is 42.6 Å². The standard InChI is InChI=1S/C13H16Cl2N2O3/c1-2-4-8(12(18)19)7-16-13(20)17-10-6-3-5-9(14)11(10)15/h3,5-6,8H,2,4,7H2,1H3,(H,18,19)(H2,16,17,20). The molecule has 1 unspecified atom stereocenters. The van der Waals surface area contributed by atoms with Crippen LogP contribution in [0.5, 0.6) is 0 Å². The molecule has 0 radical (unpaired) electrons. The number of aliphatic carboxylic acids is 1. The second kappa shape index (κ2) is 7.97. The summed E-state index contributed by atoms with van der Waals surface area (Å²) in [5.74, 6) is -1.52. The maximum Gasteiger partial charge on any atom is 0.319 e. The number of anilines is 1. The van der Waals surface area contributed by atoms with E-state index >= 15 is 0 Å². The minimum atomic E-state index is -0.923. The van der Waals surface area contributed by atoms with Crippen molar-refractivity contribution in [1.82, 2.24) is 5.32 Å². The molecular weight excluding hydrogens is 303 g/mol. The van der Waals surface area contributed by atoms with Gasteiger partial charge in [0.2, 0.25) is 0 Å². The summed E-state index contributed by atoms with van der Waals surface area (Å²) in [5.41, 5.74) is 0.374. The zero-order valence-electron chi connectivity index (χ0n) is 11.0. The van der Waals surface area contributed by atoms with Crippen LogP contribution in [0.25, 0.3) is 0 Å². The number of carbonyl (C=O) groups excluding carboxylic acids is 1. The van der Waals surface area contributed by atoms with E-state index in [0.717, 1.165) is 6.42 Å². The average Bonchev–Trinajstić information content (AvgIpc) is 2.39. The van der Waals surface area contributed by atoms with Gasteiger partial charge in [-0.2, -0.15) is 0 Å². The highest BCUT2D eigenvalue weighted by molar-refractivity contribution is 6.43. The number of nitrogens with one attached hydrogen (secondary N) is 2. The molecule has 1 aromatic carbocycles. The Kier molecular flexibility index (Phi) is 6.61. The molecule has 1 atom stereocenters. The fraction of sp³-hybridized carbons (Fsp3) is 0.385. The first-order valence-electron chi connectivity index (χ1n) is 6.17. The highest BCUT2D eigenvalue weighted by Gasteiger charge is 2.17. The van der Waals surface area contributed by atoms with Crippen LogP contribution in [-0.2, 0) is 4.79 Å². The number of carboxylic acids is 1. The van der Waals surface area contributed by atoms with Crippen LogP contribution in [0.15, 0.2) is 18.2 Å². The molecule has 2 amide bonds. The van der Waals surface area contributed by atoms with Crippen molar-refractivity contribution >= 4 is 40.9 Å². The van der Waals surface area contributed by atoms with Gasteiger partial charge in [0, 0.05) is 6.54 Å². The molecule has 1 rings (SSSR count). The number of hydrogen-bond donors (Lipinski definition) is 3. The SMILES string of the molecule is CCCC(CNC(=O)Nc1cccc(Cl)c1Cl)C(=O)O. The first-order chi connectivity index (χ1) is 9.45. The summed E-state index contributed by atoms with van der Waals surface area (Å²) in [6.45, 7) is 1.95. The Morgan fingerprint density at radius 1 is 1.35 bits per heavy atom. The largest absolute Gasteiger partial charge is 0.481 e. The van der Waals surface area contributed by atoms with Crippen LogP contribution in [0, 0.1) is 5.92 Å². The third-order valence-corrected chi connectivity index (χ3v) is 3.51. The van der Waals surface area contributed by atoms with Gasteiger partial charge in [-0.3, -0.25) is 4.79 Å². The number of benzene rings is 1. The quantitative estimate of drug-likeness (QED) is 0.749. The Hall–Kier alpha value is -1.46. The van der Waals surface area contributed by atoms with Crippen LogP contribution in [0.1, 0.15) is 19.8 Å². The normalized spacial score (nSPS) is 11.8. The smallest absolute Gasteiger partial charge is 0.319 e. The fourth-order valence-electron chi connectivity index (χ4n) is 1.64. The average molecular weight is 319 g/mol. The van der Waals surface area contributed by atoms with E-state index in [2.05, 4.69) is 10.6 Å². The Bertz CT molecular complexity index is 495. The number of carboxylic acid groups (broad SMARTS) is 1. The van der Waals surface area contributed by atoms with Gasteiger partial charge in [-0.15, -0.1) is 0 Å². The third kappa shape index (κ3) is 4.90. The van der Waals surface area contributed by atoms with Gasteiger partial charge in [0.15, 0.2) is 0 Å². The summed E-state index contributed by atoms with van der Waals surface area (Å²) >= 11 is 11.8. The molecule has 5 nitrogen and oxygen atoms in total. The van der Waals surface area contributed by atoms with Crippen molar-refractivity contribution in [1.29, 1.82) is 0 Å². The van der Waals surface area contributed by atoms with E-state index in [9.17, 15) is 9.59 Å². The molecule has 0 aromatic heterocycles. The lowest BCUT2D eigenvalue weighted by Crippen LogP contribution is -2.35. The number of carbonyl (C=O) groups is 2. The zero-order chi connectivity index (χ0) is 15.1. The lowest BCUT2D eigenvalue weighted by molar-refractivity contribution is -0.141. The Labute approximate surface area is 127 Å². The van der Waals surface area contributed by atoms with Crippen molar-refractivity contribution in [2.24, 2.45) is 5.92 Å². The molecule has 20 heavy (non-hydrogen) atoms.